The highest BCUT2D eigenvalue weighted by Crippen LogP contribution is 2.53. The molecule has 0 fully saturated rings. The van der Waals surface area contributed by atoms with Gasteiger partial charge in [0.05, 0.1) is 5.41 Å². The number of carboxylic acids is 1. The average molecular weight is 214 g/mol. The molecule has 0 aliphatic heterocycles. The fourth-order valence-corrected chi connectivity index (χ4v) is 2.05. The van der Waals surface area contributed by atoms with Crippen LogP contribution in [0.15, 0.2) is 0 Å². The Kier molecular flexibility index (Phi) is 4.00. The van der Waals surface area contributed by atoms with Gasteiger partial charge in [-0.3, -0.25) is 4.79 Å². The molecule has 0 radical (unpaired) electrons. The minimum Gasteiger partial charge on any atom is -0.481 e. The van der Waals surface area contributed by atoms with Gasteiger partial charge < -0.3 is 5.11 Å². The van der Waals surface area contributed by atoms with E-state index in [0.29, 0.717) is 0 Å². The SMILES string of the molecule is CCCC(C)(C)C(C)(C)C(C)(C)C(=O)O. The number of carbonyl (C=O) groups is 1. The summed E-state index contributed by atoms with van der Waals surface area (Å²) < 4.78 is 0. The molecule has 0 aromatic heterocycles. The minimum atomic E-state index is -0.711. The quantitative estimate of drug-likeness (QED) is 0.752. The van der Waals surface area contributed by atoms with Crippen molar-refractivity contribution in [2.45, 2.75) is 61.3 Å². The van der Waals surface area contributed by atoms with Crippen LogP contribution in [0.3, 0.4) is 0 Å². The van der Waals surface area contributed by atoms with Gasteiger partial charge >= 0.3 is 5.97 Å². The van der Waals surface area contributed by atoms with E-state index in [-0.39, 0.29) is 10.8 Å². The average Bonchev–Trinajstić information content (AvgIpc) is 2.02. The Balaban J connectivity index is 5.20. The van der Waals surface area contributed by atoms with Crippen LogP contribution in [0.1, 0.15) is 61.3 Å². The molecule has 0 aliphatic carbocycles. The first-order valence-electron chi connectivity index (χ1n) is 5.74. The van der Waals surface area contributed by atoms with Gasteiger partial charge in [0, 0.05) is 0 Å². The Labute approximate surface area is 94.1 Å². The Morgan fingerprint density at radius 1 is 1.07 bits per heavy atom. The van der Waals surface area contributed by atoms with Gasteiger partial charge in [-0.2, -0.15) is 0 Å². The molecule has 0 heterocycles. The standard InChI is InChI=1S/C13H26O2/c1-8-9-11(2,3)13(6,7)12(4,5)10(14)15/h8-9H2,1-7H3,(H,14,15). The number of carboxylic acid groups (broad SMARTS) is 1. The normalized spacial score (nSPS) is 14.1. The molecule has 0 amide bonds. The fourth-order valence-electron chi connectivity index (χ4n) is 2.05. The summed E-state index contributed by atoms with van der Waals surface area (Å²) in [5.41, 5.74) is -0.906. The highest BCUT2D eigenvalue weighted by molar-refractivity contribution is 5.74. The van der Waals surface area contributed by atoms with E-state index < -0.39 is 11.4 Å². The molecule has 0 aromatic carbocycles. The fraction of sp³-hybridized carbons (Fsp3) is 0.923. The van der Waals surface area contributed by atoms with Crippen LogP contribution in [0.25, 0.3) is 0 Å². The highest BCUT2D eigenvalue weighted by Gasteiger charge is 2.51. The zero-order valence-corrected chi connectivity index (χ0v) is 11.3. The molecule has 90 valence electrons. The molecule has 1 N–H and O–H groups in total. The molecular formula is C13H26O2. The van der Waals surface area contributed by atoms with Crippen molar-refractivity contribution in [1.29, 1.82) is 0 Å². The molecule has 0 atom stereocenters. The summed E-state index contributed by atoms with van der Waals surface area (Å²) in [6.45, 7) is 14.3. The molecule has 0 saturated carbocycles. The first-order valence-corrected chi connectivity index (χ1v) is 5.74. The lowest BCUT2D eigenvalue weighted by Gasteiger charge is -2.50. The van der Waals surface area contributed by atoms with Gasteiger partial charge in [-0.1, -0.05) is 41.0 Å². The Morgan fingerprint density at radius 2 is 1.47 bits per heavy atom. The molecule has 0 saturated heterocycles. The first-order chi connectivity index (χ1) is 6.50. The second-order valence-corrected chi connectivity index (χ2v) is 6.19. The summed E-state index contributed by atoms with van der Waals surface area (Å²) in [5.74, 6) is -0.711. The smallest absolute Gasteiger partial charge is 0.309 e. The first kappa shape index (κ1) is 14.5. The summed E-state index contributed by atoms with van der Waals surface area (Å²) in [5, 5.41) is 9.31. The zero-order chi connectivity index (χ0) is 12.5. The molecule has 15 heavy (non-hydrogen) atoms. The van der Waals surface area contributed by atoms with Crippen molar-refractivity contribution in [2.75, 3.05) is 0 Å². The van der Waals surface area contributed by atoms with Crippen LogP contribution in [-0.4, -0.2) is 11.1 Å². The number of hydrogen-bond donors (Lipinski definition) is 1. The van der Waals surface area contributed by atoms with E-state index in [2.05, 4.69) is 34.6 Å². The second kappa shape index (κ2) is 4.15. The molecule has 0 aromatic rings. The lowest BCUT2D eigenvalue weighted by Crippen LogP contribution is -2.48. The van der Waals surface area contributed by atoms with Crippen LogP contribution >= 0.6 is 0 Å². The monoisotopic (exact) mass is 214 g/mol. The Morgan fingerprint density at radius 3 is 1.73 bits per heavy atom. The molecule has 0 rings (SSSR count). The van der Waals surface area contributed by atoms with E-state index in [0.717, 1.165) is 12.8 Å². The van der Waals surface area contributed by atoms with Crippen LogP contribution < -0.4 is 0 Å². The Bertz CT molecular complexity index is 237. The summed E-state index contributed by atoms with van der Waals surface area (Å²) in [4.78, 5) is 11.3. The summed E-state index contributed by atoms with van der Waals surface area (Å²) in [6.07, 6.45) is 2.14. The van der Waals surface area contributed by atoms with Crippen molar-refractivity contribution < 1.29 is 9.90 Å². The third-order valence-corrected chi connectivity index (χ3v) is 4.66. The van der Waals surface area contributed by atoms with Gasteiger partial charge in [-0.05, 0) is 31.1 Å². The van der Waals surface area contributed by atoms with Gasteiger partial charge in [0.25, 0.3) is 0 Å². The Hall–Kier alpha value is -0.530. The van der Waals surface area contributed by atoms with Gasteiger partial charge in [0.1, 0.15) is 0 Å². The van der Waals surface area contributed by atoms with Gasteiger partial charge in [0.2, 0.25) is 0 Å². The molecule has 0 spiro atoms. The van der Waals surface area contributed by atoms with Crippen LogP contribution in [0.5, 0.6) is 0 Å². The van der Waals surface area contributed by atoms with Gasteiger partial charge in [-0.15, -0.1) is 0 Å². The number of hydrogen-bond acceptors (Lipinski definition) is 1. The van der Waals surface area contributed by atoms with Crippen molar-refractivity contribution in [1.82, 2.24) is 0 Å². The van der Waals surface area contributed by atoms with Crippen molar-refractivity contribution >= 4 is 5.97 Å². The molecule has 0 aliphatic rings. The minimum absolute atomic E-state index is 0.0314. The number of aliphatic carboxylic acids is 1. The van der Waals surface area contributed by atoms with Crippen LogP contribution in [0, 0.1) is 16.2 Å². The van der Waals surface area contributed by atoms with Crippen LogP contribution in [-0.2, 0) is 4.79 Å². The van der Waals surface area contributed by atoms with Crippen LogP contribution in [0.4, 0.5) is 0 Å². The third-order valence-electron chi connectivity index (χ3n) is 4.66. The lowest BCUT2D eigenvalue weighted by atomic mass is 9.53. The molecule has 2 heteroatoms. The molecule has 2 nitrogen and oxygen atoms in total. The maximum Gasteiger partial charge on any atom is 0.309 e. The van der Waals surface area contributed by atoms with Crippen LogP contribution in [0.2, 0.25) is 0 Å². The largest absolute Gasteiger partial charge is 0.481 e. The van der Waals surface area contributed by atoms with E-state index in [1.54, 1.807) is 0 Å². The van der Waals surface area contributed by atoms with E-state index >= 15 is 0 Å². The maximum absolute atomic E-state index is 11.3. The van der Waals surface area contributed by atoms with E-state index in [4.69, 9.17) is 0 Å². The summed E-state index contributed by atoms with van der Waals surface area (Å²) >= 11 is 0. The van der Waals surface area contributed by atoms with E-state index in [9.17, 15) is 9.90 Å². The zero-order valence-electron chi connectivity index (χ0n) is 11.3. The molecule has 0 unspecified atom stereocenters. The highest BCUT2D eigenvalue weighted by atomic mass is 16.4. The van der Waals surface area contributed by atoms with Crippen molar-refractivity contribution in [3.63, 3.8) is 0 Å². The van der Waals surface area contributed by atoms with Crippen molar-refractivity contribution in [3.8, 4) is 0 Å². The maximum atomic E-state index is 11.3. The molecule has 0 bridgehead atoms. The van der Waals surface area contributed by atoms with Crippen molar-refractivity contribution in [3.05, 3.63) is 0 Å². The lowest BCUT2D eigenvalue weighted by molar-refractivity contribution is -0.160. The molecular weight excluding hydrogens is 188 g/mol. The van der Waals surface area contributed by atoms with E-state index in [1.807, 2.05) is 13.8 Å². The topological polar surface area (TPSA) is 37.3 Å². The number of rotatable bonds is 5. The third kappa shape index (κ3) is 2.35. The summed E-state index contributed by atoms with van der Waals surface area (Å²) in [7, 11) is 0. The van der Waals surface area contributed by atoms with Gasteiger partial charge in [0.15, 0.2) is 0 Å². The second-order valence-electron chi connectivity index (χ2n) is 6.19. The predicted molar refractivity (Wildman–Crippen MR) is 63.9 cm³/mol. The van der Waals surface area contributed by atoms with Crippen molar-refractivity contribution in [2.24, 2.45) is 16.2 Å². The predicted octanol–water partition coefficient (Wildman–Crippen LogP) is 3.95. The van der Waals surface area contributed by atoms with E-state index in [1.165, 1.54) is 0 Å². The van der Waals surface area contributed by atoms with Gasteiger partial charge in [-0.25, -0.2) is 0 Å². The summed E-state index contributed by atoms with van der Waals surface area (Å²) in [6, 6.07) is 0.